The number of rotatable bonds is 2. The Morgan fingerprint density at radius 3 is 2.80 bits per heavy atom. The third kappa shape index (κ3) is 2.47. The van der Waals surface area contributed by atoms with Crippen LogP contribution in [0.2, 0.25) is 0 Å². The first kappa shape index (κ1) is 9.54. The molecular weight excluding hydrogens is 184 g/mol. The molecule has 0 bridgehead atoms. The zero-order valence-corrected chi connectivity index (χ0v) is 8.43. The summed E-state index contributed by atoms with van der Waals surface area (Å²) in [6.07, 6.45) is 5.79. The highest BCUT2D eigenvalue weighted by atomic mass is 15.1. The number of benzene rings is 1. The first-order chi connectivity index (χ1) is 7.38. The Balaban J connectivity index is 2.06. The van der Waals surface area contributed by atoms with Gasteiger partial charge in [-0.05, 0) is 11.6 Å². The maximum atomic E-state index is 8.78. The Labute approximate surface area is 89.8 Å². The summed E-state index contributed by atoms with van der Waals surface area (Å²) in [4.78, 5) is 2.13. The van der Waals surface area contributed by atoms with Gasteiger partial charge in [-0.15, -0.1) is 0 Å². The van der Waals surface area contributed by atoms with Gasteiger partial charge in [0.15, 0.2) is 0 Å². The maximum Gasteiger partial charge on any atom is 0.101 e. The molecule has 2 nitrogen and oxygen atoms in total. The summed E-state index contributed by atoms with van der Waals surface area (Å²) in [5, 5.41) is 8.78. The zero-order valence-electron chi connectivity index (χ0n) is 8.43. The van der Waals surface area contributed by atoms with Crippen molar-refractivity contribution in [1.82, 2.24) is 4.90 Å². The van der Waals surface area contributed by atoms with E-state index in [0.29, 0.717) is 0 Å². The van der Waals surface area contributed by atoms with Crippen molar-refractivity contribution in [2.75, 3.05) is 6.54 Å². The molecule has 74 valence electrons. The SMILES string of the molecule is N#CC1=CN(Cc2ccccc2)CC=C1. The predicted octanol–water partition coefficient (Wildman–Crippen LogP) is 2.47. The van der Waals surface area contributed by atoms with Crippen LogP contribution in [0.4, 0.5) is 0 Å². The van der Waals surface area contributed by atoms with Gasteiger partial charge in [0.2, 0.25) is 0 Å². The number of nitriles is 1. The Morgan fingerprint density at radius 1 is 1.27 bits per heavy atom. The van der Waals surface area contributed by atoms with Crippen molar-refractivity contribution in [2.45, 2.75) is 6.54 Å². The Morgan fingerprint density at radius 2 is 2.07 bits per heavy atom. The number of allylic oxidation sites excluding steroid dienone is 2. The van der Waals surface area contributed by atoms with Gasteiger partial charge in [-0.25, -0.2) is 0 Å². The van der Waals surface area contributed by atoms with E-state index in [4.69, 9.17) is 5.26 Å². The zero-order chi connectivity index (χ0) is 10.5. The fourth-order valence-electron chi connectivity index (χ4n) is 1.60. The van der Waals surface area contributed by atoms with Gasteiger partial charge in [0.25, 0.3) is 0 Å². The molecular formula is C13H12N2. The summed E-state index contributed by atoms with van der Waals surface area (Å²) in [6.45, 7) is 1.73. The lowest BCUT2D eigenvalue weighted by Gasteiger charge is -2.21. The van der Waals surface area contributed by atoms with Crippen molar-refractivity contribution in [3.05, 3.63) is 59.8 Å². The van der Waals surface area contributed by atoms with Crippen molar-refractivity contribution in [3.8, 4) is 6.07 Å². The maximum absolute atomic E-state index is 8.78. The second-order valence-electron chi connectivity index (χ2n) is 3.51. The highest BCUT2D eigenvalue weighted by molar-refractivity contribution is 5.34. The first-order valence-electron chi connectivity index (χ1n) is 4.95. The molecule has 0 aliphatic carbocycles. The molecule has 0 saturated carbocycles. The Hall–Kier alpha value is -2.01. The van der Waals surface area contributed by atoms with Gasteiger partial charge >= 0.3 is 0 Å². The molecule has 0 fully saturated rings. The van der Waals surface area contributed by atoms with Crippen molar-refractivity contribution < 1.29 is 0 Å². The van der Waals surface area contributed by atoms with Crippen LogP contribution in [0.5, 0.6) is 0 Å². The van der Waals surface area contributed by atoms with E-state index in [1.807, 2.05) is 36.6 Å². The summed E-state index contributed by atoms with van der Waals surface area (Å²) in [7, 11) is 0. The van der Waals surface area contributed by atoms with Gasteiger partial charge < -0.3 is 4.90 Å². The van der Waals surface area contributed by atoms with Crippen LogP contribution in [0.3, 0.4) is 0 Å². The van der Waals surface area contributed by atoms with E-state index >= 15 is 0 Å². The lowest BCUT2D eigenvalue weighted by atomic mass is 10.2. The molecule has 1 aliphatic rings. The Bertz CT molecular complexity index is 424. The normalized spacial score (nSPS) is 14.6. The lowest BCUT2D eigenvalue weighted by Crippen LogP contribution is -2.19. The van der Waals surface area contributed by atoms with Crippen LogP contribution in [0, 0.1) is 11.3 Å². The van der Waals surface area contributed by atoms with Crippen molar-refractivity contribution in [3.63, 3.8) is 0 Å². The molecule has 0 radical (unpaired) electrons. The van der Waals surface area contributed by atoms with Crippen LogP contribution in [-0.2, 0) is 6.54 Å². The van der Waals surface area contributed by atoms with E-state index in [-0.39, 0.29) is 0 Å². The van der Waals surface area contributed by atoms with Crippen LogP contribution in [-0.4, -0.2) is 11.4 Å². The van der Waals surface area contributed by atoms with Crippen LogP contribution in [0.1, 0.15) is 5.56 Å². The molecule has 15 heavy (non-hydrogen) atoms. The number of hydrogen-bond donors (Lipinski definition) is 0. The fraction of sp³-hybridized carbons (Fsp3) is 0.154. The fourth-order valence-corrected chi connectivity index (χ4v) is 1.60. The molecule has 1 heterocycles. The van der Waals surface area contributed by atoms with Crippen molar-refractivity contribution >= 4 is 0 Å². The molecule has 0 amide bonds. The van der Waals surface area contributed by atoms with E-state index < -0.39 is 0 Å². The average Bonchev–Trinajstić information content (AvgIpc) is 2.31. The molecule has 1 aliphatic heterocycles. The van der Waals surface area contributed by atoms with E-state index in [2.05, 4.69) is 23.1 Å². The topological polar surface area (TPSA) is 27.0 Å². The van der Waals surface area contributed by atoms with Crippen molar-refractivity contribution in [2.24, 2.45) is 0 Å². The molecule has 0 spiro atoms. The molecule has 2 rings (SSSR count). The van der Waals surface area contributed by atoms with Crippen LogP contribution >= 0.6 is 0 Å². The molecule has 0 N–H and O–H groups in total. The third-order valence-corrected chi connectivity index (χ3v) is 2.32. The molecule has 0 unspecified atom stereocenters. The smallest absolute Gasteiger partial charge is 0.101 e. The number of nitrogens with zero attached hydrogens (tertiary/aromatic N) is 2. The van der Waals surface area contributed by atoms with Gasteiger partial charge in [-0.2, -0.15) is 5.26 Å². The molecule has 2 heteroatoms. The van der Waals surface area contributed by atoms with E-state index in [1.54, 1.807) is 0 Å². The monoisotopic (exact) mass is 196 g/mol. The first-order valence-corrected chi connectivity index (χ1v) is 4.95. The van der Waals surface area contributed by atoms with E-state index in [0.717, 1.165) is 18.7 Å². The van der Waals surface area contributed by atoms with Gasteiger partial charge in [0.1, 0.15) is 6.07 Å². The minimum Gasteiger partial charge on any atom is -0.368 e. The molecule has 0 aromatic heterocycles. The summed E-state index contributed by atoms with van der Waals surface area (Å²) in [6, 6.07) is 12.4. The van der Waals surface area contributed by atoms with Gasteiger partial charge in [-0.1, -0.05) is 36.4 Å². The summed E-state index contributed by atoms with van der Waals surface area (Å²) < 4.78 is 0. The predicted molar refractivity (Wildman–Crippen MR) is 59.7 cm³/mol. The summed E-state index contributed by atoms with van der Waals surface area (Å²) in [5.74, 6) is 0. The van der Waals surface area contributed by atoms with Crippen LogP contribution in [0.15, 0.2) is 54.3 Å². The Kier molecular flexibility index (Phi) is 2.85. The van der Waals surface area contributed by atoms with Gasteiger partial charge in [0, 0.05) is 19.3 Å². The second kappa shape index (κ2) is 4.47. The van der Waals surface area contributed by atoms with E-state index in [9.17, 15) is 0 Å². The second-order valence-corrected chi connectivity index (χ2v) is 3.51. The standard InChI is InChI=1S/C13H12N2/c14-9-13-7-4-8-15(11-13)10-12-5-2-1-3-6-12/h1-7,11H,8,10H2. The van der Waals surface area contributed by atoms with Crippen LogP contribution < -0.4 is 0 Å². The summed E-state index contributed by atoms with van der Waals surface area (Å²) in [5.41, 5.74) is 1.98. The third-order valence-electron chi connectivity index (χ3n) is 2.32. The highest BCUT2D eigenvalue weighted by Gasteiger charge is 2.04. The molecule has 0 atom stereocenters. The minimum absolute atomic E-state index is 0.720. The quantitative estimate of drug-likeness (QED) is 0.726. The van der Waals surface area contributed by atoms with Gasteiger partial charge in [-0.3, -0.25) is 0 Å². The molecule has 1 aromatic rings. The molecule has 0 saturated heterocycles. The molecule has 1 aromatic carbocycles. The largest absolute Gasteiger partial charge is 0.368 e. The summed E-state index contributed by atoms with van der Waals surface area (Å²) >= 11 is 0. The highest BCUT2D eigenvalue weighted by Crippen LogP contribution is 2.10. The average molecular weight is 196 g/mol. The van der Waals surface area contributed by atoms with E-state index in [1.165, 1.54) is 5.56 Å². The number of hydrogen-bond acceptors (Lipinski definition) is 2. The van der Waals surface area contributed by atoms with Crippen LogP contribution in [0.25, 0.3) is 0 Å². The van der Waals surface area contributed by atoms with Crippen molar-refractivity contribution in [1.29, 1.82) is 5.26 Å². The lowest BCUT2D eigenvalue weighted by molar-refractivity contribution is 0.403. The minimum atomic E-state index is 0.720. The van der Waals surface area contributed by atoms with Gasteiger partial charge in [0.05, 0.1) is 5.57 Å².